The van der Waals surface area contributed by atoms with Crippen molar-refractivity contribution >= 4 is 21.8 Å². The Balaban J connectivity index is 1.53. The first-order valence-electron chi connectivity index (χ1n) is 13.7. The van der Waals surface area contributed by atoms with Crippen molar-refractivity contribution in [2.75, 3.05) is 19.6 Å². The first kappa shape index (κ1) is 29.4. The van der Waals surface area contributed by atoms with Crippen LogP contribution in [-0.4, -0.2) is 55.1 Å². The maximum atomic E-state index is 13.7. The van der Waals surface area contributed by atoms with Crippen LogP contribution in [0.1, 0.15) is 42.9 Å². The van der Waals surface area contributed by atoms with Gasteiger partial charge in [-0.25, -0.2) is 12.8 Å². The van der Waals surface area contributed by atoms with E-state index in [9.17, 15) is 22.4 Å². The summed E-state index contributed by atoms with van der Waals surface area (Å²) in [6.45, 7) is 3.49. The van der Waals surface area contributed by atoms with E-state index in [2.05, 4.69) is 5.32 Å². The van der Waals surface area contributed by atoms with Gasteiger partial charge in [0.25, 0.3) is 0 Å². The average Bonchev–Trinajstić information content (AvgIpc) is 3.52. The molecule has 2 amide bonds. The highest BCUT2D eigenvalue weighted by molar-refractivity contribution is 7.89. The number of amides is 2. The molecular formula is C31H36FN3O4S. The Morgan fingerprint density at radius 1 is 0.900 bits per heavy atom. The molecule has 1 atom stereocenters. The molecule has 0 bridgehead atoms. The first-order chi connectivity index (χ1) is 19.3. The minimum Gasteiger partial charge on any atom is -0.355 e. The van der Waals surface area contributed by atoms with Gasteiger partial charge in [0.2, 0.25) is 21.8 Å². The summed E-state index contributed by atoms with van der Waals surface area (Å²) in [4.78, 5) is 28.7. The average molecular weight is 566 g/mol. The molecule has 0 saturated carbocycles. The molecule has 7 nitrogen and oxygen atoms in total. The van der Waals surface area contributed by atoms with Gasteiger partial charge < -0.3 is 10.2 Å². The van der Waals surface area contributed by atoms with Gasteiger partial charge in [-0.15, -0.1) is 0 Å². The molecule has 3 aromatic rings. The number of hydrogen-bond acceptors (Lipinski definition) is 4. The largest absolute Gasteiger partial charge is 0.355 e. The number of sulfonamides is 1. The number of nitrogens with zero attached hydrogens (tertiary/aromatic N) is 2. The van der Waals surface area contributed by atoms with Gasteiger partial charge >= 0.3 is 0 Å². The summed E-state index contributed by atoms with van der Waals surface area (Å²) < 4.78 is 40.8. The van der Waals surface area contributed by atoms with Crippen LogP contribution < -0.4 is 5.32 Å². The normalized spacial score (nSPS) is 14.6. The second kappa shape index (κ2) is 13.7. The predicted octanol–water partition coefficient (Wildman–Crippen LogP) is 4.32. The molecular weight excluding hydrogens is 529 g/mol. The van der Waals surface area contributed by atoms with E-state index in [0.717, 1.165) is 24.0 Å². The van der Waals surface area contributed by atoms with Crippen molar-refractivity contribution in [2.24, 2.45) is 0 Å². The second-order valence-electron chi connectivity index (χ2n) is 10.0. The lowest BCUT2D eigenvalue weighted by molar-refractivity contribution is -0.141. The smallest absolute Gasteiger partial charge is 0.243 e. The monoisotopic (exact) mass is 565 g/mol. The number of benzene rings is 3. The van der Waals surface area contributed by atoms with Crippen molar-refractivity contribution in [3.05, 3.63) is 101 Å². The number of carbonyl (C=O) groups excluding carboxylic acids is 2. The number of nitrogens with one attached hydrogen (secondary N) is 1. The van der Waals surface area contributed by atoms with E-state index in [4.69, 9.17) is 0 Å². The van der Waals surface area contributed by atoms with Crippen LogP contribution in [0.3, 0.4) is 0 Å². The highest BCUT2D eigenvalue weighted by Crippen LogP contribution is 2.22. The fourth-order valence-corrected chi connectivity index (χ4v) is 6.45. The molecule has 1 aliphatic rings. The second-order valence-corrected chi connectivity index (χ2v) is 11.9. The van der Waals surface area contributed by atoms with Gasteiger partial charge in [-0.2, -0.15) is 4.31 Å². The third-order valence-electron chi connectivity index (χ3n) is 7.14. The molecule has 1 aliphatic heterocycles. The van der Waals surface area contributed by atoms with E-state index in [0.29, 0.717) is 38.0 Å². The lowest BCUT2D eigenvalue weighted by Crippen LogP contribution is -2.50. The summed E-state index contributed by atoms with van der Waals surface area (Å²) in [6.07, 6.45) is 2.59. The summed E-state index contributed by atoms with van der Waals surface area (Å²) in [5, 5.41) is 2.86. The Morgan fingerprint density at radius 3 is 2.15 bits per heavy atom. The highest BCUT2D eigenvalue weighted by atomic mass is 32.2. The minimum absolute atomic E-state index is 0.129. The summed E-state index contributed by atoms with van der Waals surface area (Å²) in [7, 11) is -3.51. The number of halogens is 1. The number of likely N-dealkylation sites (N-methyl/N-ethyl adjacent to an activating group) is 1. The van der Waals surface area contributed by atoms with Crippen LogP contribution in [0.25, 0.3) is 0 Å². The Morgan fingerprint density at radius 2 is 1.52 bits per heavy atom. The first-order valence-corrected chi connectivity index (χ1v) is 15.2. The molecule has 1 N–H and O–H groups in total. The Hall–Kier alpha value is -3.56. The fraction of sp³-hybridized carbons (Fsp3) is 0.355. The molecule has 4 rings (SSSR count). The Bertz CT molecular complexity index is 1370. The van der Waals surface area contributed by atoms with Gasteiger partial charge in [0.15, 0.2) is 0 Å². The van der Waals surface area contributed by atoms with E-state index >= 15 is 0 Å². The van der Waals surface area contributed by atoms with E-state index < -0.39 is 16.1 Å². The molecule has 9 heteroatoms. The molecule has 1 fully saturated rings. The Labute approximate surface area is 236 Å². The van der Waals surface area contributed by atoms with Crippen molar-refractivity contribution in [3.63, 3.8) is 0 Å². The molecule has 0 spiro atoms. The molecule has 3 aromatic carbocycles. The zero-order valence-corrected chi connectivity index (χ0v) is 23.6. The van der Waals surface area contributed by atoms with E-state index in [-0.39, 0.29) is 35.5 Å². The Kier molecular flexibility index (Phi) is 10.1. The van der Waals surface area contributed by atoms with E-state index in [1.165, 1.54) is 16.4 Å². The van der Waals surface area contributed by atoms with Crippen LogP contribution in [0.15, 0.2) is 83.8 Å². The molecule has 0 aromatic heterocycles. The molecule has 40 heavy (non-hydrogen) atoms. The lowest BCUT2D eigenvalue weighted by Gasteiger charge is -2.31. The number of aryl methyl sites for hydroxylation is 1. The van der Waals surface area contributed by atoms with Gasteiger partial charge in [0.1, 0.15) is 11.9 Å². The quantitative estimate of drug-likeness (QED) is 0.355. The fourth-order valence-electron chi connectivity index (χ4n) is 4.93. The van der Waals surface area contributed by atoms with E-state index in [1.807, 2.05) is 37.3 Å². The van der Waals surface area contributed by atoms with Crippen molar-refractivity contribution in [2.45, 2.75) is 56.5 Å². The zero-order chi connectivity index (χ0) is 28.5. The number of rotatable bonds is 12. The summed E-state index contributed by atoms with van der Waals surface area (Å²) in [6, 6.07) is 21.4. The van der Waals surface area contributed by atoms with E-state index in [1.54, 1.807) is 41.3 Å². The molecule has 1 heterocycles. The summed E-state index contributed by atoms with van der Waals surface area (Å²) >= 11 is 0. The molecule has 0 radical (unpaired) electrons. The maximum Gasteiger partial charge on any atom is 0.243 e. The van der Waals surface area contributed by atoms with Crippen LogP contribution in [-0.2, 0) is 39.0 Å². The van der Waals surface area contributed by atoms with Crippen molar-refractivity contribution in [1.29, 1.82) is 0 Å². The zero-order valence-electron chi connectivity index (χ0n) is 22.8. The standard InChI is InChI=1S/C31H36FN3O4S/c1-2-33-31(37)29(22-25-8-4-3-5-9-25)35(23-26-10-15-27(32)16-11-26)30(36)19-14-24-12-17-28(18-13-24)40(38,39)34-20-6-7-21-34/h3-5,8-13,15-18,29H,2,6-7,14,19-23H2,1H3,(H,33,37)/t29-/m0/s1. The number of carbonyl (C=O) groups is 2. The summed E-state index contributed by atoms with van der Waals surface area (Å²) in [5.74, 6) is -0.843. The van der Waals surface area contributed by atoms with Crippen LogP contribution in [0, 0.1) is 5.82 Å². The third-order valence-corrected chi connectivity index (χ3v) is 9.05. The van der Waals surface area contributed by atoms with Gasteiger partial charge in [-0.1, -0.05) is 54.6 Å². The third kappa shape index (κ3) is 7.55. The van der Waals surface area contributed by atoms with Crippen molar-refractivity contribution in [3.8, 4) is 0 Å². The van der Waals surface area contributed by atoms with Crippen LogP contribution in [0.5, 0.6) is 0 Å². The van der Waals surface area contributed by atoms with Gasteiger partial charge in [-0.3, -0.25) is 9.59 Å². The highest BCUT2D eigenvalue weighted by Gasteiger charge is 2.30. The maximum absolute atomic E-state index is 13.7. The van der Waals surface area contributed by atoms with Gasteiger partial charge in [0, 0.05) is 39.0 Å². The van der Waals surface area contributed by atoms with Crippen molar-refractivity contribution < 1.29 is 22.4 Å². The molecule has 212 valence electrons. The summed E-state index contributed by atoms with van der Waals surface area (Å²) in [5.41, 5.74) is 2.46. The van der Waals surface area contributed by atoms with Gasteiger partial charge in [0.05, 0.1) is 4.90 Å². The number of hydrogen-bond donors (Lipinski definition) is 1. The lowest BCUT2D eigenvalue weighted by atomic mass is 10.0. The van der Waals surface area contributed by atoms with Crippen LogP contribution in [0.2, 0.25) is 0 Å². The topological polar surface area (TPSA) is 86.8 Å². The van der Waals surface area contributed by atoms with Crippen molar-refractivity contribution in [1.82, 2.24) is 14.5 Å². The van der Waals surface area contributed by atoms with Crippen LogP contribution >= 0.6 is 0 Å². The molecule has 0 aliphatic carbocycles. The minimum atomic E-state index is -3.51. The molecule has 0 unspecified atom stereocenters. The van der Waals surface area contributed by atoms with Gasteiger partial charge in [-0.05, 0) is 67.1 Å². The van der Waals surface area contributed by atoms with Crippen LogP contribution in [0.4, 0.5) is 4.39 Å². The predicted molar refractivity (Wildman–Crippen MR) is 152 cm³/mol. The molecule has 1 saturated heterocycles. The SMILES string of the molecule is CCNC(=O)[C@H](Cc1ccccc1)N(Cc1ccc(F)cc1)C(=O)CCc1ccc(S(=O)(=O)N2CCCC2)cc1.